The Morgan fingerprint density at radius 2 is 2.29 bits per heavy atom. The summed E-state index contributed by atoms with van der Waals surface area (Å²) in [4.78, 5) is 4.47. The highest BCUT2D eigenvalue weighted by atomic mass is 16.5. The van der Waals surface area contributed by atoms with Crippen molar-refractivity contribution in [1.29, 1.82) is 0 Å². The quantitative estimate of drug-likeness (QED) is 0.869. The molecule has 1 heterocycles. The van der Waals surface area contributed by atoms with Gasteiger partial charge in [-0.2, -0.15) is 4.98 Å². The molecule has 1 aromatic rings. The number of aromatic nitrogens is 2. The summed E-state index contributed by atoms with van der Waals surface area (Å²) in [6, 6.07) is 0.152. The molecule has 1 fully saturated rings. The van der Waals surface area contributed by atoms with Crippen LogP contribution >= 0.6 is 0 Å². The van der Waals surface area contributed by atoms with Crippen LogP contribution in [0.1, 0.15) is 57.2 Å². The molecule has 2 N–H and O–H groups in total. The Morgan fingerprint density at radius 1 is 1.53 bits per heavy atom. The Kier molecular flexibility index (Phi) is 3.49. The van der Waals surface area contributed by atoms with Crippen molar-refractivity contribution in [3.8, 4) is 0 Å². The van der Waals surface area contributed by atoms with Crippen LogP contribution in [0.5, 0.6) is 0 Å². The second-order valence-corrected chi connectivity index (χ2v) is 4.95. The standard InChI is InChI=1S/C12H21N3O2/c1-4-12(2,16-3)11-14-10(17-15-11)8-6-5-7-9(8)13/h8-9H,4-7,13H2,1-3H3. The van der Waals surface area contributed by atoms with Gasteiger partial charge < -0.3 is 15.0 Å². The van der Waals surface area contributed by atoms with E-state index in [9.17, 15) is 0 Å². The molecule has 0 amide bonds. The lowest BCUT2D eigenvalue weighted by Gasteiger charge is -2.21. The predicted octanol–water partition coefficient (Wildman–Crippen LogP) is 1.94. The molecule has 1 aliphatic carbocycles. The minimum absolute atomic E-state index is 0.152. The van der Waals surface area contributed by atoms with Gasteiger partial charge in [-0.25, -0.2) is 0 Å². The number of nitrogens with two attached hydrogens (primary N) is 1. The largest absolute Gasteiger partial charge is 0.370 e. The van der Waals surface area contributed by atoms with Gasteiger partial charge in [0.25, 0.3) is 0 Å². The lowest BCUT2D eigenvalue weighted by Crippen LogP contribution is -2.26. The van der Waals surface area contributed by atoms with Gasteiger partial charge in [0.2, 0.25) is 11.7 Å². The molecule has 5 nitrogen and oxygen atoms in total. The maximum absolute atomic E-state index is 6.04. The van der Waals surface area contributed by atoms with E-state index in [1.54, 1.807) is 7.11 Å². The maximum atomic E-state index is 6.04. The molecule has 3 unspecified atom stereocenters. The van der Waals surface area contributed by atoms with Gasteiger partial charge in [0.1, 0.15) is 5.60 Å². The van der Waals surface area contributed by atoms with Crippen molar-refractivity contribution in [1.82, 2.24) is 10.1 Å². The molecule has 0 spiro atoms. The molecule has 1 saturated carbocycles. The summed E-state index contributed by atoms with van der Waals surface area (Å²) in [7, 11) is 1.67. The van der Waals surface area contributed by atoms with Crippen molar-refractivity contribution in [2.75, 3.05) is 7.11 Å². The summed E-state index contributed by atoms with van der Waals surface area (Å²) in [6.07, 6.45) is 4.02. The van der Waals surface area contributed by atoms with E-state index >= 15 is 0 Å². The van der Waals surface area contributed by atoms with Gasteiger partial charge in [0.05, 0.1) is 5.92 Å². The van der Waals surface area contributed by atoms with E-state index in [2.05, 4.69) is 10.1 Å². The van der Waals surface area contributed by atoms with E-state index in [0.29, 0.717) is 11.7 Å². The second-order valence-electron chi connectivity index (χ2n) is 4.95. The summed E-state index contributed by atoms with van der Waals surface area (Å²) in [5, 5.41) is 4.04. The zero-order valence-electron chi connectivity index (χ0n) is 10.8. The van der Waals surface area contributed by atoms with Crippen LogP contribution < -0.4 is 5.73 Å². The molecule has 0 radical (unpaired) electrons. The molecule has 3 atom stereocenters. The molecule has 0 aromatic carbocycles. The third kappa shape index (κ3) is 2.21. The highest BCUT2D eigenvalue weighted by Crippen LogP contribution is 2.34. The first-order valence-electron chi connectivity index (χ1n) is 6.25. The first-order chi connectivity index (χ1) is 8.10. The van der Waals surface area contributed by atoms with Gasteiger partial charge in [-0.3, -0.25) is 0 Å². The molecular formula is C12H21N3O2. The molecule has 17 heavy (non-hydrogen) atoms. The number of methoxy groups -OCH3 is 1. The van der Waals surface area contributed by atoms with Crippen LogP contribution in [0, 0.1) is 0 Å². The van der Waals surface area contributed by atoms with E-state index in [-0.39, 0.29) is 12.0 Å². The fraction of sp³-hybridized carbons (Fsp3) is 0.833. The summed E-state index contributed by atoms with van der Waals surface area (Å²) in [5.41, 5.74) is 5.57. The van der Waals surface area contributed by atoms with Gasteiger partial charge in [-0.15, -0.1) is 0 Å². The number of hydrogen-bond donors (Lipinski definition) is 1. The summed E-state index contributed by atoms with van der Waals surface area (Å²) >= 11 is 0. The van der Waals surface area contributed by atoms with Crippen molar-refractivity contribution >= 4 is 0 Å². The monoisotopic (exact) mass is 239 g/mol. The van der Waals surface area contributed by atoms with Crippen LogP contribution in [0.25, 0.3) is 0 Å². The normalized spacial score (nSPS) is 28.2. The van der Waals surface area contributed by atoms with Crippen molar-refractivity contribution in [2.24, 2.45) is 5.73 Å². The Hall–Kier alpha value is -0.940. The number of ether oxygens (including phenoxy) is 1. The van der Waals surface area contributed by atoms with Crippen LogP contribution in [0.2, 0.25) is 0 Å². The molecular weight excluding hydrogens is 218 g/mol. The lowest BCUT2D eigenvalue weighted by molar-refractivity contribution is -0.0106. The Morgan fingerprint density at radius 3 is 2.82 bits per heavy atom. The zero-order valence-corrected chi connectivity index (χ0v) is 10.8. The molecule has 2 rings (SSSR count). The number of rotatable bonds is 4. The lowest BCUT2D eigenvalue weighted by atomic mass is 10.0. The molecule has 0 saturated heterocycles. The van der Waals surface area contributed by atoms with Crippen LogP contribution in [-0.4, -0.2) is 23.3 Å². The molecule has 5 heteroatoms. The van der Waals surface area contributed by atoms with Crippen molar-refractivity contribution < 1.29 is 9.26 Å². The zero-order chi connectivity index (χ0) is 12.5. The topological polar surface area (TPSA) is 74.2 Å². The second kappa shape index (κ2) is 4.74. The fourth-order valence-corrected chi connectivity index (χ4v) is 2.29. The van der Waals surface area contributed by atoms with Gasteiger partial charge in [-0.1, -0.05) is 18.5 Å². The Labute approximate surface area is 102 Å². The third-order valence-electron chi connectivity index (χ3n) is 3.93. The van der Waals surface area contributed by atoms with E-state index in [0.717, 1.165) is 25.7 Å². The van der Waals surface area contributed by atoms with Crippen LogP contribution in [-0.2, 0) is 10.3 Å². The molecule has 1 aliphatic rings. The fourth-order valence-electron chi connectivity index (χ4n) is 2.29. The van der Waals surface area contributed by atoms with Crippen molar-refractivity contribution in [3.05, 3.63) is 11.7 Å². The third-order valence-corrected chi connectivity index (χ3v) is 3.93. The molecule has 96 valence electrons. The molecule has 1 aromatic heterocycles. The van der Waals surface area contributed by atoms with Crippen LogP contribution in [0.4, 0.5) is 0 Å². The number of nitrogens with zero attached hydrogens (tertiary/aromatic N) is 2. The minimum Gasteiger partial charge on any atom is -0.370 e. The summed E-state index contributed by atoms with van der Waals surface area (Å²) in [6.45, 7) is 4.01. The van der Waals surface area contributed by atoms with Crippen LogP contribution in [0.3, 0.4) is 0 Å². The molecule has 0 aliphatic heterocycles. The summed E-state index contributed by atoms with van der Waals surface area (Å²) < 4.78 is 10.8. The van der Waals surface area contributed by atoms with E-state index in [4.69, 9.17) is 15.0 Å². The van der Waals surface area contributed by atoms with E-state index in [1.165, 1.54) is 0 Å². The Bertz CT molecular complexity index is 374. The van der Waals surface area contributed by atoms with E-state index < -0.39 is 5.60 Å². The number of hydrogen-bond acceptors (Lipinski definition) is 5. The highest BCUT2D eigenvalue weighted by molar-refractivity contribution is 5.05. The van der Waals surface area contributed by atoms with E-state index in [1.807, 2.05) is 13.8 Å². The predicted molar refractivity (Wildman–Crippen MR) is 63.5 cm³/mol. The smallest absolute Gasteiger partial charge is 0.231 e. The molecule has 0 bridgehead atoms. The highest BCUT2D eigenvalue weighted by Gasteiger charge is 2.34. The minimum atomic E-state index is -0.468. The van der Waals surface area contributed by atoms with Crippen LogP contribution in [0.15, 0.2) is 4.52 Å². The van der Waals surface area contributed by atoms with Gasteiger partial charge in [0.15, 0.2) is 0 Å². The average Bonchev–Trinajstić information content (AvgIpc) is 2.96. The summed E-state index contributed by atoms with van der Waals surface area (Å²) in [5.74, 6) is 1.51. The van der Waals surface area contributed by atoms with Gasteiger partial charge in [-0.05, 0) is 26.2 Å². The first-order valence-corrected chi connectivity index (χ1v) is 6.25. The first kappa shape index (κ1) is 12.5. The average molecular weight is 239 g/mol. The maximum Gasteiger partial charge on any atom is 0.231 e. The van der Waals surface area contributed by atoms with Gasteiger partial charge in [0, 0.05) is 13.2 Å². The van der Waals surface area contributed by atoms with Gasteiger partial charge >= 0.3 is 0 Å². The van der Waals surface area contributed by atoms with Crippen molar-refractivity contribution in [2.45, 2.75) is 57.1 Å². The SMILES string of the molecule is CCC(C)(OC)c1noc(C2CCCC2N)n1. The Balaban J connectivity index is 2.21. The van der Waals surface area contributed by atoms with Crippen molar-refractivity contribution in [3.63, 3.8) is 0 Å².